The van der Waals surface area contributed by atoms with Crippen molar-refractivity contribution in [3.05, 3.63) is 6.33 Å². The highest BCUT2D eigenvalue weighted by molar-refractivity contribution is 7.59. The van der Waals surface area contributed by atoms with Crippen molar-refractivity contribution in [2.75, 3.05) is 24.0 Å². The number of anilines is 2. The second-order valence-electron chi connectivity index (χ2n) is 10.9. The van der Waals surface area contributed by atoms with Crippen molar-refractivity contribution >= 4 is 42.3 Å². The molecule has 2 heterocycles. The van der Waals surface area contributed by atoms with Gasteiger partial charge in [-0.25, -0.2) is 15.2 Å². The van der Waals surface area contributed by atoms with E-state index in [1.807, 2.05) is 0 Å². The number of ether oxygens (including phenoxy) is 3. The summed E-state index contributed by atoms with van der Waals surface area (Å²) in [5.41, 5.74) is 7.11. The number of nitrogen functional groups attached to an aromatic ring is 1. The Bertz CT molecular complexity index is 1220. The van der Waals surface area contributed by atoms with Gasteiger partial charge in [0.05, 0.1) is 12.9 Å². The number of imidazole rings is 1. The fraction of sp³-hybridized carbons (Fsp3) is 0.720. The minimum absolute atomic E-state index is 0.0976. The second-order valence-corrected chi connectivity index (χ2v) is 13.2. The van der Waals surface area contributed by atoms with E-state index >= 15 is 0 Å². The lowest BCUT2D eigenvalue weighted by Gasteiger charge is -2.30. The summed E-state index contributed by atoms with van der Waals surface area (Å²) in [6, 6.07) is -1.36. The van der Waals surface area contributed by atoms with Gasteiger partial charge in [-0.05, 0) is 65.2 Å². The van der Waals surface area contributed by atoms with Crippen LogP contribution in [0.4, 0.5) is 11.8 Å². The van der Waals surface area contributed by atoms with E-state index in [9.17, 15) is 14.2 Å². The van der Waals surface area contributed by atoms with Crippen molar-refractivity contribution < 1.29 is 28.4 Å². The Balaban J connectivity index is 1.20. The van der Waals surface area contributed by atoms with E-state index in [-0.39, 0.29) is 31.1 Å². The first-order valence-electron chi connectivity index (χ1n) is 14.1. The third-order valence-corrected chi connectivity index (χ3v) is 9.49. The monoisotopic (exact) mass is 578 g/mol. The van der Waals surface area contributed by atoms with Gasteiger partial charge in [0.15, 0.2) is 17.0 Å². The topological polar surface area (TPSA) is 185 Å². The maximum Gasteiger partial charge on any atom is 0.323 e. The zero-order valence-corrected chi connectivity index (χ0v) is 23.9. The van der Waals surface area contributed by atoms with Gasteiger partial charge in [0.25, 0.3) is 0 Å². The van der Waals surface area contributed by atoms with E-state index in [0.29, 0.717) is 29.6 Å². The predicted molar refractivity (Wildman–Crippen MR) is 147 cm³/mol. The minimum Gasteiger partial charge on any atom is -0.461 e. The second kappa shape index (κ2) is 12.4. The van der Waals surface area contributed by atoms with E-state index in [1.54, 1.807) is 24.7 Å². The van der Waals surface area contributed by atoms with Gasteiger partial charge in [-0.15, -0.1) is 0 Å². The van der Waals surface area contributed by atoms with E-state index in [2.05, 4.69) is 30.4 Å². The molecule has 2 atom stereocenters. The predicted octanol–water partition coefficient (Wildman–Crippen LogP) is 2.30. The summed E-state index contributed by atoms with van der Waals surface area (Å²) in [7, 11) is -3.59. The Morgan fingerprint density at radius 2 is 1.62 bits per heavy atom. The van der Waals surface area contributed by atoms with Crippen LogP contribution in [0.2, 0.25) is 0 Å². The molecule has 2 aromatic heterocycles. The molecule has 2 aromatic rings. The first kappa shape index (κ1) is 28.7. The third-order valence-electron chi connectivity index (χ3n) is 7.33. The van der Waals surface area contributed by atoms with Gasteiger partial charge in [0, 0.05) is 12.6 Å². The molecule has 3 saturated carbocycles. The molecule has 14 nitrogen and oxygen atoms in total. The van der Waals surface area contributed by atoms with Gasteiger partial charge in [-0.2, -0.15) is 9.97 Å². The van der Waals surface area contributed by atoms with Crippen LogP contribution in [0.25, 0.3) is 11.2 Å². The molecule has 5 N–H and O–H groups in total. The average Bonchev–Trinajstić information content (AvgIpc) is 3.58. The molecule has 0 unspecified atom stereocenters. The van der Waals surface area contributed by atoms with Crippen LogP contribution in [-0.2, 0) is 34.9 Å². The Hall–Kier alpha value is -2.80. The summed E-state index contributed by atoms with van der Waals surface area (Å²) in [5, 5.41) is 9.02. The molecule has 220 valence electrons. The van der Waals surface area contributed by atoms with E-state index in [4.69, 9.17) is 19.9 Å². The largest absolute Gasteiger partial charge is 0.461 e. The molecule has 0 aliphatic heterocycles. The highest BCUT2D eigenvalue weighted by Crippen LogP contribution is 2.38. The van der Waals surface area contributed by atoms with Crippen LogP contribution in [0.1, 0.15) is 65.2 Å². The zero-order valence-electron chi connectivity index (χ0n) is 23.0. The van der Waals surface area contributed by atoms with Gasteiger partial charge >= 0.3 is 11.9 Å². The van der Waals surface area contributed by atoms with Crippen LogP contribution >= 0.6 is 7.44 Å². The Labute approximate surface area is 233 Å². The van der Waals surface area contributed by atoms with Crippen LogP contribution in [0, 0.1) is 0 Å². The third kappa shape index (κ3) is 7.28. The molecular formula is C25H39N8O6P. The van der Waals surface area contributed by atoms with Crippen molar-refractivity contribution in [1.29, 1.82) is 0 Å². The molecule has 3 aliphatic carbocycles. The molecule has 5 rings (SSSR count). The number of hydrogen-bond acceptors (Lipinski definition) is 11. The van der Waals surface area contributed by atoms with Crippen molar-refractivity contribution in [2.24, 2.45) is 0 Å². The number of carbonyl (C=O) groups is 2. The minimum atomic E-state index is -3.59. The van der Waals surface area contributed by atoms with Gasteiger partial charge in [-0.3, -0.25) is 14.2 Å². The van der Waals surface area contributed by atoms with Crippen molar-refractivity contribution in [3.63, 3.8) is 0 Å². The highest BCUT2D eigenvalue weighted by Gasteiger charge is 2.34. The van der Waals surface area contributed by atoms with Gasteiger partial charge < -0.3 is 29.8 Å². The quantitative estimate of drug-likeness (QED) is 0.137. The van der Waals surface area contributed by atoms with Crippen molar-refractivity contribution in [3.8, 4) is 0 Å². The van der Waals surface area contributed by atoms with Crippen LogP contribution in [0.3, 0.4) is 0 Å². The average molecular weight is 579 g/mol. The summed E-state index contributed by atoms with van der Waals surface area (Å²) >= 11 is 0. The highest BCUT2D eigenvalue weighted by atomic mass is 31.2. The van der Waals surface area contributed by atoms with E-state index in [1.165, 1.54) is 0 Å². The lowest BCUT2D eigenvalue weighted by Crippen LogP contribution is -2.44. The fourth-order valence-corrected chi connectivity index (χ4v) is 6.43. The zero-order chi connectivity index (χ0) is 28.3. The summed E-state index contributed by atoms with van der Waals surface area (Å²) in [4.78, 5) is 38.2. The number of fused-ring (bicyclic) bond motifs is 1. The van der Waals surface area contributed by atoms with E-state index in [0.717, 1.165) is 51.4 Å². The Morgan fingerprint density at radius 3 is 2.15 bits per heavy atom. The van der Waals surface area contributed by atoms with Crippen LogP contribution in [0.5, 0.6) is 0 Å². The lowest BCUT2D eigenvalue weighted by molar-refractivity contribution is -0.155. The fourth-order valence-electron chi connectivity index (χ4n) is 4.36. The Kier molecular flexibility index (Phi) is 8.89. The first-order valence-corrected chi connectivity index (χ1v) is 16.0. The number of nitrogens with one attached hydrogen (secondary N) is 3. The van der Waals surface area contributed by atoms with Crippen LogP contribution in [0.15, 0.2) is 6.33 Å². The number of nitrogens with zero attached hydrogens (tertiary/aromatic N) is 4. The molecule has 0 radical (unpaired) electrons. The van der Waals surface area contributed by atoms with E-state index < -0.39 is 31.5 Å². The van der Waals surface area contributed by atoms with Gasteiger partial charge in [-0.1, -0.05) is 0 Å². The molecule has 0 spiro atoms. The molecule has 15 heteroatoms. The summed E-state index contributed by atoms with van der Waals surface area (Å²) in [5.74, 6) is -0.238. The number of nitrogens with two attached hydrogens (primary N) is 1. The maximum absolute atomic E-state index is 13.9. The maximum atomic E-state index is 13.9. The van der Waals surface area contributed by atoms with Gasteiger partial charge in [0.1, 0.15) is 30.6 Å². The van der Waals surface area contributed by atoms with Gasteiger partial charge in [0.2, 0.25) is 13.4 Å². The molecule has 0 amide bonds. The molecule has 0 bridgehead atoms. The number of rotatable bonds is 15. The number of aromatic nitrogens is 4. The normalized spacial score (nSPS) is 19.4. The summed E-state index contributed by atoms with van der Waals surface area (Å²) in [6.07, 6.45) is 8.71. The number of hydrogen-bond donors (Lipinski definition) is 4. The molecular weight excluding hydrogens is 539 g/mol. The first-order chi connectivity index (χ1) is 19.2. The number of carbonyl (C=O) groups excluding carboxylic acids is 2. The SMILES string of the molecule is C[C@H](NP(=O)(COCCn1cnc2c(NC3CC3)nc(N)nc21)N[C@@H](C)C(=O)OC1CCC1)C(=O)OC1CCC1. The molecule has 3 aliphatic rings. The molecule has 3 fully saturated rings. The summed E-state index contributed by atoms with van der Waals surface area (Å²) < 4.78 is 32.5. The Morgan fingerprint density at radius 1 is 1.02 bits per heavy atom. The standard InChI is InChI=1S/C25H39N8O6P/c1-15(23(34)38-18-5-3-6-18)31-40(36,32-16(2)24(35)39-19-7-4-8-19)14-37-12-11-33-13-27-20-21(28-17-9-10-17)29-25(26)30-22(20)33/h13,15-19H,3-12,14H2,1-2H3,(H2,31,32,36)(H3,26,28,29,30)/t15-,16-/m0/s1. The van der Waals surface area contributed by atoms with Crippen LogP contribution < -0.4 is 21.2 Å². The molecule has 0 aromatic carbocycles. The summed E-state index contributed by atoms with van der Waals surface area (Å²) in [6.45, 7) is 3.69. The molecule has 0 saturated heterocycles. The lowest BCUT2D eigenvalue weighted by atomic mass is 9.96. The number of esters is 2. The molecule has 40 heavy (non-hydrogen) atoms. The van der Waals surface area contributed by atoms with Crippen molar-refractivity contribution in [2.45, 2.75) is 102 Å². The smallest absolute Gasteiger partial charge is 0.323 e. The van der Waals surface area contributed by atoms with Crippen molar-refractivity contribution in [1.82, 2.24) is 29.7 Å². The van der Waals surface area contributed by atoms with Crippen LogP contribution in [-0.4, -0.2) is 74.7 Å².